The van der Waals surface area contributed by atoms with Crippen LogP contribution in [0.4, 0.5) is 5.82 Å². The van der Waals surface area contributed by atoms with Gasteiger partial charge in [0.15, 0.2) is 0 Å². The highest BCUT2D eigenvalue weighted by atomic mass is 32.2. The van der Waals surface area contributed by atoms with E-state index in [-0.39, 0.29) is 0 Å². The Bertz CT molecular complexity index is 609. The highest BCUT2D eigenvalue weighted by molar-refractivity contribution is 7.86. The average Bonchev–Trinajstić information content (AvgIpc) is 2.92. The molecule has 0 amide bonds. The van der Waals surface area contributed by atoms with Crippen LogP contribution in [-0.4, -0.2) is 66.3 Å². The molecule has 24 heavy (non-hydrogen) atoms. The van der Waals surface area contributed by atoms with Crippen molar-refractivity contribution in [1.82, 2.24) is 18.6 Å². The Labute approximate surface area is 144 Å². The van der Waals surface area contributed by atoms with Crippen molar-refractivity contribution in [2.45, 2.75) is 44.6 Å². The van der Waals surface area contributed by atoms with Crippen molar-refractivity contribution in [1.29, 1.82) is 0 Å². The van der Waals surface area contributed by atoms with Gasteiger partial charge < -0.3 is 4.90 Å². The minimum atomic E-state index is -3.30. The number of hydrogen-bond donors (Lipinski definition) is 0. The lowest BCUT2D eigenvalue weighted by molar-refractivity contribution is 0.284. The van der Waals surface area contributed by atoms with Gasteiger partial charge in [-0.15, -0.1) is 0 Å². The first-order valence-electron chi connectivity index (χ1n) is 8.83. The van der Waals surface area contributed by atoms with Crippen LogP contribution >= 0.6 is 0 Å². The van der Waals surface area contributed by atoms with Crippen LogP contribution in [0, 0.1) is 0 Å². The van der Waals surface area contributed by atoms with Gasteiger partial charge in [0.1, 0.15) is 12.1 Å². The molecular formula is C16H27N5O2S. The van der Waals surface area contributed by atoms with Crippen molar-refractivity contribution < 1.29 is 8.42 Å². The second-order valence-corrected chi connectivity index (χ2v) is 8.56. The highest BCUT2D eigenvalue weighted by Crippen LogP contribution is 2.24. The van der Waals surface area contributed by atoms with Crippen LogP contribution in [0.15, 0.2) is 18.6 Å². The van der Waals surface area contributed by atoms with E-state index < -0.39 is 10.2 Å². The molecule has 0 aromatic carbocycles. The minimum absolute atomic E-state index is 0.315. The molecule has 0 aliphatic carbocycles. The van der Waals surface area contributed by atoms with E-state index in [1.807, 2.05) is 13.1 Å². The quantitative estimate of drug-likeness (QED) is 0.820. The topological polar surface area (TPSA) is 69.6 Å². The molecule has 0 atom stereocenters. The van der Waals surface area contributed by atoms with E-state index in [0.29, 0.717) is 32.2 Å². The van der Waals surface area contributed by atoms with Gasteiger partial charge in [-0.3, -0.25) is 0 Å². The van der Waals surface area contributed by atoms with Crippen LogP contribution in [-0.2, 0) is 10.2 Å². The van der Waals surface area contributed by atoms with Gasteiger partial charge in [0.2, 0.25) is 0 Å². The second-order valence-electron chi connectivity index (χ2n) is 6.63. The van der Waals surface area contributed by atoms with E-state index in [2.05, 4.69) is 14.9 Å². The number of nitrogens with zero attached hydrogens (tertiary/aromatic N) is 5. The first-order valence-corrected chi connectivity index (χ1v) is 10.2. The van der Waals surface area contributed by atoms with Gasteiger partial charge >= 0.3 is 0 Å². The lowest BCUT2D eigenvalue weighted by Gasteiger charge is -2.38. The van der Waals surface area contributed by atoms with Crippen LogP contribution in [0.3, 0.4) is 0 Å². The number of anilines is 1. The third kappa shape index (κ3) is 3.87. The third-order valence-electron chi connectivity index (χ3n) is 5.12. The first kappa shape index (κ1) is 17.6. The number of piperidine rings is 1. The maximum absolute atomic E-state index is 12.9. The Balaban J connectivity index is 1.60. The summed E-state index contributed by atoms with van der Waals surface area (Å²) in [5.41, 5.74) is 0. The smallest absolute Gasteiger partial charge is 0.281 e. The van der Waals surface area contributed by atoms with Crippen molar-refractivity contribution in [3.05, 3.63) is 18.6 Å². The molecule has 2 aliphatic rings. The van der Waals surface area contributed by atoms with Crippen molar-refractivity contribution in [3.63, 3.8) is 0 Å². The highest BCUT2D eigenvalue weighted by Gasteiger charge is 2.34. The summed E-state index contributed by atoms with van der Waals surface area (Å²) in [4.78, 5) is 10.4. The molecule has 0 spiro atoms. The Morgan fingerprint density at radius 1 is 1.04 bits per heavy atom. The summed E-state index contributed by atoms with van der Waals surface area (Å²) in [7, 11) is -1.28. The summed E-state index contributed by atoms with van der Waals surface area (Å²) in [5.74, 6) is 0.888. The molecule has 0 radical (unpaired) electrons. The summed E-state index contributed by atoms with van der Waals surface area (Å²) in [6, 6.07) is 2.20. The zero-order chi connectivity index (χ0) is 17.0. The Hall–Kier alpha value is -1.25. The summed E-state index contributed by atoms with van der Waals surface area (Å²) < 4.78 is 29.1. The summed E-state index contributed by atoms with van der Waals surface area (Å²) in [5, 5.41) is 0. The van der Waals surface area contributed by atoms with E-state index in [1.54, 1.807) is 21.1 Å². The third-order valence-corrected chi connectivity index (χ3v) is 7.15. The van der Waals surface area contributed by atoms with Crippen LogP contribution in [0.1, 0.15) is 38.5 Å². The van der Waals surface area contributed by atoms with E-state index in [9.17, 15) is 8.42 Å². The normalized spacial score (nSPS) is 22.2. The number of hydrogen-bond acceptors (Lipinski definition) is 5. The first-order chi connectivity index (χ1) is 11.6. The van der Waals surface area contributed by atoms with Crippen LogP contribution < -0.4 is 4.90 Å². The molecule has 0 saturated carbocycles. The largest absolute Gasteiger partial charge is 0.356 e. The van der Waals surface area contributed by atoms with Gasteiger partial charge in [0, 0.05) is 45.5 Å². The number of rotatable bonds is 4. The van der Waals surface area contributed by atoms with Crippen LogP contribution in [0.25, 0.3) is 0 Å². The van der Waals surface area contributed by atoms with E-state index in [1.165, 1.54) is 0 Å². The van der Waals surface area contributed by atoms with Gasteiger partial charge in [0.05, 0.1) is 0 Å². The van der Waals surface area contributed by atoms with E-state index in [0.717, 1.165) is 44.3 Å². The predicted molar refractivity (Wildman–Crippen MR) is 94.0 cm³/mol. The SMILES string of the molecule is CN(c1ccncn1)C1CCN(S(=O)(=O)N2CCCCCC2)CC1. The summed E-state index contributed by atoms with van der Waals surface area (Å²) in [6.45, 7) is 2.50. The fourth-order valence-corrected chi connectivity index (χ4v) is 5.29. The molecule has 1 aromatic heterocycles. The predicted octanol–water partition coefficient (Wildman–Crippen LogP) is 1.50. The van der Waals surface area contributed by atoms with E-state index in [4.69, 9.17) is 0 Å². The maximum atomic E-state index is 12.9. The van der Waals surface area contributed by atoms with Gasteiger partial charge in [-0.1, -0.05) is 12.8 Å². The molecular weight excluding hydrogens is 326 g/mol. The van der Waals surface area contributed by atoms with Crippen molar-refractivity contribution >= 4 is 16.0 Å². The van der Waals surface area contributed by atoms with Crippen molar-refractivity contribution in [2.24, 2.45) is 0 Å². The molecule has 2 fully saturated rings. The van der Waals surface area contributed by atoms with Crippen LogP contribution in [0.5, 0.6) is 0 Å². The zero-order valence-corrected chi connectivity index (χ0v) is 15.2. The zero-order valence-electron chi connectivity index (χ0n) is 14.3. The molecule has 8 heteroatoms. The van der Waals surface area contributed by atoms with Crippen molar-refractivity contribution in [3.8, 4) is 0 Å². The van der Waals surface area contributed by atoms with Gasteiger partial charge in [-0.25, -0.2) is 9.97 Å². The van der Waals surface area contributed by atoms with Crippen molar-refractivity contribution in [2.75, 3.05) is 38.1 Å². The minimum Gasteiger partial charge on any atom is -0.356 e. The molecule has 0 bridgehead atoms. The van der Waals surface area contributed by atoms with Gasteiger partial charge in [-0.05, 0) is 31.7 Å². The summed E-state index contributed by atoms with van der Waals surface area (Å²) >= 11 is 0. The fraction of sp³-hybridized carbons (Fsp3) is 0.750. The Morgan fingerprint density at radius 3 is 2.25 bits per heavy atom. The molecule has 2 saturated heterocycles. The lowest BCUT2D eigenvalue weighted by atomic mass is 10.1. The van der Waals surface area contributed by atoms with E-state index >= 15 is 0 Å². The molecule has 2 aliphatic heterocycles. The second kappa shape index (κ2) is 7.76. The standard InChI is InChI=1S/C16H27N5O2S/c1-19(16-6-9-17-14-18-16)15-7-12-21(13-8-15)24(22,23)20-10-4-2-3-5-11-20/h6,9,14-15H,2-5,7-8,10-13H2,1H3. The monoisotopic (exact) mass is 353 g/mol. The summed E-state index contributed by atoms with van der Waals surface area (Å²) in [6.07, 6.45) is 9.16. The molecule has 0 unspecified atom stereocenters. The fourth-order valence-electron chi connectivity index (χ4n) is 3.58. The molecule has 134 valence electrons. The molecule has 7 nitrogen and oxygen atoms in total. The van der Waals surface area contributed by atoms with Gasteiger partial charge in [-0.2, -0.15) is 17.0 Å². The molecule has 3 heterocycles. The lowest BCUT2D eigenvalue weighted by Crippen LogP contribution is -2.50. The molecule has 3 rings (SSSR count). The Morgan fingerprint density at radius 2 is 1.67 bits per heavy atom. The Kier molecular flexibility index (Phi) is 5.68. The maximum Gasteiger partial charge on any atom is 0.281 e. The van der Waals surface area contributed by atoms with Gasteiger partial charge in [0.25, 0.3) is 10.2 Å². The molecule has 0 N–H and O–H groups in total. The number of aromatic nitrogens is 2. The van der Waals surface area contributed by atoms with Crippen LogP contribution in [0.2, 0.25) is 0 Å². The average molecular weight is 353 g/mol. The molecule has 1 aromatic rings.